The van der Waals surface area contributed by atoms with Crippen LogP contribution in [-0.2, 0) is 15.4 Å². The standard InChI is InChI=1S/C13H18N2O3S/c1-9(2)18-13(10(3)19(16)17)11-8-15-7-5-4-6-12(15)14-11/h4-10,13,19H,1-3H3/t10-,13+/m0/s1. The first kappa shape index (κ1) is 14.0. The number of hydrogen-bond acceptors (Lipinski definition) is 4. The van der Waals surface area contributed by atoms with Crippen molar-refractivity contribution in [3.63, 3.8) is 0 Å². The minimum atomic E-state index is -2.56. The van der Waals surface area contributed by atoms with Crippen LogP contribution in [0.2, 0.25) is 0 Å². The van der Waals surface area contributed by atoms with Crippen molar-refractivity contribution in [3.05, 3.63) is 36.3 Å². The van der Waals surface area contributed by atoms with E-state index in [-0.39, 0.29) is 6.10 Å². The lowest BCUT2D eigenvalue weighted by molar-refractivity contribution is 0.00483. The summed E-state index contributed by atoms with van der Waals surface area (Å²) in [5.41, 5.74) is 1.43. The molecule has 0 bridgehead atoms. The smallest absolute Gasteiger partial charge is 0.145 e. The molecule has 0 saturated heterocycles. The average molecular weight is 282 g/mol. The van der Waals surface area contributed by atoms with Crippen LogP contribution in [0.5, 0.6) is 0 Å². The van der Waals surface area contributed by atoms with E-state index in [0.29, 0.717) is 5.69 Å². The largest absolute Gasteiger partial charge is 0.368 e. The van der Waals surface area contributed by atoms with Gasteiger partial charge in [-0.25, -0.2) is 13.4 Å². The molecule has 2 aromatic heterocycles. The van der Waals surface area contributed by atoms with Crippen molar-refractivity contribution in [2.75, 3.05) is 0 Å². The van der Waals surface area contributed by atoms with E-state index in [1.165, 1.54) is 0 Å². The summed E-state index contributed by atoms with van der Waals surface area (Å²) in [5.74, 6) is 0. The molecule has 0 radical (unpaired) electrons. The van der Waals surface area contributed by atoms with Crippen LogP contribution in [0.1, 0.15) is 32.6 Å². The average Bonchev–Trinajstić information content (AvgIpc) is 2.78. The summed E-state index contributed by atoms with van der Waals surface area (Å²) in [7, 11) is -2.56. The Bertz CT molecular complexity index is 593. The first-order valence-corrected chi connectivity index (χ1v) is 7.46. The highest BCUT2D eigenvalue weighted by Gasteiger charge is 2.26. The number of rotatable bonds is 5. The second-order valence-corrected chi connectivity index (χ2v) is 6.15. The molecule has 2 atom stereocenters. The van der Waals surface area contributed by atoms with E-state index in [1.807, 2.05) is 48.8 Å². The summed E-state index contributed by atoms with van der Waals surface area (Å²) in [6.45, 7) is 5.41. The zero-order chi connectivity index (χ0) is 14.0. The minimum absolute atomic E-state index is 0.0628. The Morgan fingerprint density at radius 1 is 1.26 bits per heavy atom. The molecule has 0 aliphatic carbocycles. The molecule has 0 unspecified atom stereocenters. The Hall–Kier alpha value is -1.40. The zero-order valence-corrected chi connectivity index (χ0v) is 12.1. The highest BCUT2D eigenvalue weighted by Crippen LogP contribution is 2.24. The fraction of sp³-hybridized carbons (Fsp3) is 0.462. The van der Waals surface area contributed by atoms with Crippen molar-refractivity contribution in [2.24, 2.45) is 0 Å². The van der Waals surface area contributed by atoms with Crippen molar-refractivity contribution < 1.29 is 13.2 Å². The number of pyridine rings is 1. The number of hydrogen-bond donors (Lipinski definition) is 1. The second kappa shape index (κ2) is 5.71. The van der Waals surface area contributed by atoms with Crippen molar-refractivity contribution in [3.8, 4) is 0 Å². The molecule has 0 amide bonds. The van der Waals surface area contributed by atoms with Gasteiger partial charge in [0.1, 0.15) is 22.5 Å². The van der Waals surface area contributed by atoms with E-state index in [1.54, 1.807) is 6.92 Å². The van der Waals surface area contributed by atoms with Gasteiger partial charge in [-0.05, 0) is 32.9 Å². The van der Waals surface area contributed by atoms with E-state index < -0.39 is 22.1 Å². The van der Waals surface area contributed by atoms with Gasteiger partial charge in [0, 0.05) is 12.4 Å². The van der Waals surface area contributed by atoms with Crippen LogP contribution in [0, 0.1) is 0 Å². The molecule has 6 heteroatoms. The van der Waals surface area contributed by atoms with Crippen molar-refractivity contribution in [1.29, 1.82) is 0 Å². The lowest BCUT2D eigenvalue weighted by Gasteiger charge is -2.21. The number of ether oxygens (including phenoxy) is 1. The lowest BCUT2D eigenvalue weighted by Crippen LogP contribution is -2.23. The first-order valence-electron chi connectivity index (χ1n) is 6.21. The van der Waals surface area contributed by atoms with E-state index in [4.69, 9.17) is 4.74 Å². The van der Waals surface area contributed by atoms with Crippen LogP contribution in [-0.4, -0.2) is 29.2 Å². The Kier molecular flexibility index (Phi) is 4.21. The summed E-state index contributed by atoms with van der Waals surface area (Å²) in [6, 6.07) is 5.66. The van der Waals surface area contributed by atoms with E-state index in [9.17, 15) is 8.42 Å². The van der Waals surface area contributed by atoms with Crippen molar-refractivity contribution in [1.82, 2.24) is 9.38 Å². The third kappa shape index (κ3) is 3.13. The minimum Gasteiger partial charge on any atom is -0.368 e. The highest BCUT2D eigenvalue weighted by atomic mass is 32.2. The van der Waals surface area contributed by atoms with Crippen LogP contribution in [0.3, 0.4) is 0 Å². The molecule has 2 heterocycles. The number of fused-ring (bicyclic) bond motifs is 1. The molecule has 2 aromatic rings. The molecule has 0 fully saturated rings. The molecule has 104 valence electrons. The molecule has 0 spiro atoms. The molecule has 0 aliphatic heterocycles. The number of thiol groups is 1. The molecule has 0 aliphatic rings. The molecule has 19 heavy (non-hydrogen) atoms. The van der Waals surface area contributed by atoms with Crippen LogP contribution in [0.25, 0.3) is 5.65 Å². The maximum absolute atomic E-state index is 11.2. The summed E-state index contributed by atoms with van der Waals surface area (Å²) in [6.07, 6.45) is 3.09. The summed E-state index contributed by atoms with van der Waals surface area (Å²) >= 11 is 0. The van der Waals surface area contributed by atoms with Gasteiger partial charge in [0.05, 0.1) is 17.0 Å². The zero-order valence-electron chi connectivity index (χ0n) is 11.2. The summed E-state index contributed by atoms with van der Waals surface area (Å²) in [4.78, 5) is 4.44. The van der Waals surface area contributed by atoms with Crippen LogP contribution in [0.15, 0.2) is 30.6 Å². The van der Waals surface area contributed by atoms with Crippen LogP contribution < -0.4 is 0 Å². The first-order chi connectivity index (χ1) is 8.99. The van der Waals surface area contributed by atoms with E-state index in [2.05, 4.69) is 4.98 Å². The summed E-state index contributed by atoms with van der Waals surface area (Å²) in [5, 5.41) is -0.609. The van der Waals surface area contributed by atoms with Crippen LogP contribution in [0.4, 0.5) is 0 Å². The predicted molar refractivity (Wildman–Crippen MR) is 73.9 cm³/mol. The van der Waals surface area contributed by atoms with Gasteiger partial charge in [0.15, 0.2) is 0 Å². The molecule has 2 rings (SSSR count). The van der Waals surface area contributed by atoms with Gasteiger partial charge in [-0.15, -0.1) is 0 Å². The van der Waals surface area contributed by atoms with E-state index in [0.717, 1.165) is 5.65 Å². The molecule has 0 N–H and O–H groups in total. The van der Waals surface area contributed by atoms with Crippen molar-refractivity contribution >= 4 is 16.4 Å². The molecule has 0 aromatic carbocycles. The monoisotopic (exact) mass is 282 g/mol. The predicted octanol–water partition coefficient (Wildman–Crippen LogP) is 1.80. The number of nitrogens with zero attached hydrogens (tertiary/aromatic N) is 2. The Balaban J connectivity index is 2.41. The van der Waals surface area contributed by atoms with E-state index >= 15 is 0 Å². The number of imidazole rings is 1. The van der Waals surface area contributed by atoms with Gasteiger partial charge in [-0.3, -0.25) is 0 Å². The normalized spacial score (nSPS) is 15.2. The van der Waals surface area contributed by atoms with Gasteiger partial charge in [0.25, 0.3) is 0 Å². The second-order valence-electron chi connectivity index (χ2n) is 4.76. The number of aromatic nitrogens is 2. The quantitative estimate of drug-likeness (QED) is 0.850. The fourth-order valence-corrected chi connectivity index (χ4v) is 2.37. The summed E-state index contributed by atoms with van der Waals surface area (Å²) < 4.78 is 30.1. The topological polar surface area (TPSA) is 60.7 Å². The maximum atomic E-state index is 11.2. The van der Waals surface area contributed by atoms with Gasteiger partial charge >= 0.3 is 0 Å². The lowest BCUT2D eigenvalue weighted by atomic mass is 10.2. The molecular weight excluding hydrogens is 264 g/mol. The fourth-order valence-electron chi connectivity index (χ4n) is 1.93. The molecule has 5 nitrogen and oxygen atoms in total. The molecule has 0 saturated carbocycles. The Morgan fingerprint density at radius 2 is 2.00 bits per heavy atom. The third-order valence-corrected chi connectivity index (χ3v) is 3.80. The van der Waals surface area contributed by atoms with Gasteiger partial charge in [0.2, 0.25) is 0 Å². The van der Waals surface area contributed by atoms with Gasteiger partial charge in [-0.1, -0.05) is 6.07 Å². The molecular formula is C13H18N2O3S. The van der Waals surface area contributed by atoms with Gasteiger partial charge in [-0.2, -0.15) is 0 Å². The Labute approximate surface area is 114 Å². The van der Waals surface area contributed by atoms with Crippen LogP contribution >= 0.6 is 0 Å². The van der Waals surface area contributed by atoms with Crippen molar-refractivity contribution in [2.45, 2.75) is 38.2 Å². The highest BCUT2D eigenvalue weighted by molar-refractivity contribution is 7.73. The Morgan fingerprint density at radius 3 is 2.58 bits per heavy atom. The van der Waals surface area contributed by atoms with Gasteiger partial charge < -0.3 is 9.14 Å². The SMILES string of the molecule is CC(C)O[C@@H](c1cn2ccccc2n1)[C@H](C)[SH](=O)=O. The third-order valence-electron chi connectivity index (χ3n) is 2.86. The maximum Gasteiger partial charge on any atom is 0.145 e.